The number of carboxylic acid groups (broad SMARTS) is 4. The monoisotopic (exact) mass is 428 g/mol. The van der Waals surface area contributed by atoms with Gasteiger partial charge in [0.2, 0.25) is 0 Å². The molecule has 0 heterocycles. The number of rotatable bonds is 7. The van der Waals surface area contributed by atoms with Crippen LogP contribution in [0, 0.1) is 0 Å². The summed E-state index contributed by atoms with van der Waals surface area (Å²) in [6.45, 7) is 0. The summed E-state index contributed by atoms with van der Waals surface area (Å²) in [6.07, 6.45) is 5.23. The summed E-state index contributed by atoms with van der Waals surface area (Å²) in [6, 6.07) is 5.02. The molecular weight excluding hydrogens is 400 g/mol. The molecule has 1 saturated carbocycles. The third kappa shape index (κ3) is 14.1. The van der Waals surface area contributed by atoms with E-state index in [0.29, 0.717) is 25.7 Å². The van der Waals surface area contributed by atoms with Crippen LogP contribution in [-0.2, 0) is 9.59 Å². The van der Waals surface area contributed by atoms with Crippen molar-refractivity contribution < 1.29 is 49.8 Å². The highest BCUT2D eigenvalue weighted by Gasteiger charge is 2.24. The molecule has 1 fully saturated rings. The first-order valence-corrected chi connectivity index (χ1v) is 9.39. The van der Waals surface area contributed by atoms with Crippen molar-refractivity contribution in [1.29, 1.82) is 0 Å². The second-order valence-electron chi connectivity index (χ2n) is 6.73. The molecule has 10 nitrogen and oxygen atoms in total. The third-order valence-corrected chi connectivity index (χ3v) is 4.06. The molecule has 30 heavy (non-hydrogen) atoms. The molecule has 1 aliphatic carbocycles. The number of hydrogen-bond acceptors (Lipinski definition) is 6. The van der Waals surface area contributed by atoms with Crippen LogP contribution in [0.4, 0.5) is 0 Å². The first-order valence-electron chi connectivity index (χ1n) is 9.39. The standard InChI is InChI=1S/C8H6O4.C6H10O4.C6H12O2/c9-7(10)5-1-2-6(4-3-5)8(11)12;7-5(8)3-1-2-4-6(9)10;7-6(8)4-2-1-3-5-6/h1-4H,(H,9,10)(H,11,12);1-4H2,(H,7,8)(H,9,10);7-8H,1-5H2. The van der Waals surface area contributed by atoms with Crippen molar-refractivity contribution in [3.05, 3.63) is 35.4 Å². The Kier molecular flexibility index (Phi) is 12.7. The van der Waals surface area contributed by atoms with Gasteiger partial charge in [0.05, 0.1) is 11.1 Å². The van der Waals surface area contributed by atoms with Gasteiger partial charge >= 0.3 is 23.9 Å². The molecular formula is C20H28O10. The quantitative estimate of drug-likeness (QED) is 0.278. The van der Waals surface area contributed by atoms with Crippen molar-refractivity contribution >= 4 is 23.9 Å². The molecule has 0 spiro atoms. The number of aromatic carboxylic acids is 2. The second-order valence-corrected chi connectivity index (χ2v) is 6.73. The van der Waals surface area contributed by atoms with Crippen LogP contribution in [0.5, 0.6) is 0 Å². The molecule has 1 aromatic carbocycles. The molecule has 0 radical (unpaired) electrons. The highest BCUT2D eigenvalue weighted by molar-refractivity contribution is 5.91. The predicted octanol–water partition coefficient (Wildman–Crippen LogP) is 2.43. The third-order valence-electron chi connectivity index (χ3n) is 4.06. The van der Waals surface area contributed by atoms with Crippen LogP contribution in [0.3, 0.4) is 0 Å². The molecule has 0 aliphatic heterocycles. The number of unbranched alkanes of at least 4 members (excludes halogenated alkanes) is 1. The summed E-state index contributed by atoms with van der Waals surface area (Å²) in [4.78, 5) is 40.5. The van der Waals surface area contributed by atoms with E-state index in [1.807, 2.05) is 0 Å². The Labute approximate surface area is 173 Å². The first kappa shape index (κ1) is 27.0. The minimum Gasteiger partial charge on any atom is -0.481 e. The van der Waals surface area contributed by atoms with Crippen LogP contribution in [0.2, 0.25) is 0 Å². The van der Waals surface area contributed by atoms with E-state index in [9.17, 15) is 19.2 Å². The summed E-state index contributed by atoms with van der Waals surface area (Å²) >= 11 is 0. The molecule has 168 valence electrons. The summed E-state index contributed by atoms with van der Waals surface area (Å²) in [7, 11) is 0. The smallest absolute Gasteiger partial charge is 0.335 e. The van der Waals surface area contributed by atoms with Gasteiger partial charge in [-0.1, -0.05) is 6.42 Å². The van der Waals surface area contributed by atoms with E-state index in [2.05, 4.69) is 0 Å². The largest absolute Gasteiger partial charge is 0.481 e. The molecule has 0 saturated heterocycles. The van der Waals surface area contributed by atoms with Crippen molar-refractivity contribution in [2.45, 2.75) is 63.6 Å². The molecule has 1 aromatic rings. The number of hydrogen-bond donors (Lipinski definition) is 6. The van der Waals surface area contributed by atoms with E-state index < -0.39 is 29.7 Å². The van der Waals surface area contributed by atoms with Crippen LogP contribution in [0.15, 0.2) is 24.3 Å². The van der Waals surface area contributed by atoms with E-state index in [4.69, 9.17) is 30.6 Å². The Hall–Kier alpha value is -2.98. The van der Waals surface area contributed by atoms with Gasteiger partial charge in [0, 0.05) is 25.7 Å². The maximum atomic E-state index is 10.3. The fraction of sp³-hybridized carbons (Fsp3) is 0.500. The predicted molar refractivity (Wildman–Crippen MR) is 104 cm³/mol. The molecule has 0 bridgehead atoms. The zero-order valence-corrected chi connectivity index (χ0v) is 16.5. The van der Waals surface area contributed by atoms with Gasteiger partial charge in [-0.2, -0.15) is 0 Å². The fourth-order valence-electron chi connectivity index (χ4n) is 2.43. The molecule has 1 aliphatic rings. The maximum absolute atomic E-state index is 10.3. The molecule has 10 heteroatoms. The van der Waals surface area contributed by atoms with Crippen LogP contribution in [0.1, 0.15) is 78.5 Å². The zero-order chi connectivity index (χ0) is 23.2. The lowest BCUT2D eigenvalue weighted by atomic mass is 9.95. The normalized spacial score (nSPS) is 14.2. The summed E-state index contributed by atoms with van der Waals surface area (Å²) < 4.78 is 0. The lowest BCUT2D eigenvalue weighted by molar-refractivity contribution is -0.180. The van der Waals surface area contributed by atoms with Gasteiger partial charge in [-0.15, -0.1) is 0 Å². The lowest BCUT2D eigenvalue weighted by Crippen LogP contribution is -2.30. The van der Waals surface area contributed by atoms with Crippen molar-refractivity contribution in [2.75, 3.05) is 0 Å². The van der Waals surface area contributed by atoms with Crippen molar-refractivity contribution in [3.8, 4) is 0 Å². The molecule has 6 N–H and O–H groups in total. The van der Waals surface area contributed by atoms with Gasteiger partial charge in [0.15, 0.2) is 5.79 Å². The number of aliphatic carboxylic acids is 2. The Morgan fingerprint density at radius 1 is 0.667 bits per heavy atom. The summed E-state index contributed by atoms with van der Waals surface area (Å²) in [5.74, 6) is -5.19. The maximum Gasteiger partial charge on any atom is 0.335 e. The molecule has 0 unspecified atom stereocenters. The topological polar surface area (TPSA) is 190 Å². The molecule has 2 rings (SSSR count). The van der Waals surface area contributed by atoms with E-state index in [1.54, 1.807) is 0 Å². The molecule has 0 aromatic heterocycles. The lowest BCUT2D eigenvalue weighted by Gasteiger charge is -2.25. The van der Waals surface area contributed by atoms with E-state index >= 15 is 0 Å². The van der Waals surface area contributed by atoms with Crippen LogP contribution >= 0.6 is 0 Å². The van der Waals surface area contributed by atoms with Gasteiger partial charge in [0.1, 0.15) is 0 Å². The van der Waals surface area contributed by atoms with Crippen LogP contribution in [0.25, 0.3) is 0 Å². The van der Waals surface area contributed by atoms with Gasteiger partial charge in [-0.05, 0) is 49.9 Å². The van der Waals surface area contributed by atoms with Crippen molar-refractivity contribution in [1.82, 2.24) is 0 Å². The van der Waals surface area contributed by atoms with E-state index in [0.717, 1.165) is 19.3 Å². The van der Waals surface area contributed by atoms with Crippen LogP contribution < -0.4 is 0 Å². The van der Waals surface area contributed by atoms with Gasteiger partial charge in [-0.25, -0.2) is 9.59 Å². The number of aliphatic hydroxyl groups is 2. The minimum absolute atomic E-state index is 0.0628. The average Bonchev–Trinajstić information content (AvgIpc) is 2.66. The first-order chi connectivity index (χ1) is 13.9. The zero-order valence-electron chi connectivity index (χ0n) is 16.5. The Bertz CT molecular complexity index is 637. The van der Waals surface area contributed by atoms with Crippen molar-refractivity contribution in [3.63, 3.8) is 0 Å². The van der Waals surface area contributed by atoms with Gasteiger partial charge in [-0.3, -0.25) is 9.59 Å². The van der Waals surface area contributed by atoms with E-state index in [1.165, 1.54) is 24.3 Å². The van der Waals surface area contributed by atoms with Gasteiger partial charge in [0.25, 0.3) is 0 Å². The Morgan fingerprint density at radius 2 is 1.00 bits per heavy atom. The van der Waals surface area contributed by atoms with Crippen molar-refractivity contribution in [2.24, 2.45) is 0 Å². The average molecular weight is 428 g/mol. The number of carboxylic acids is 4. The highest BCUT2D eigenvalue weighted by Crippen LogP contribution is 2.24. The molecule has 0 amide bonds. The van der Waals surface area contributed by atoms with E-state index in [-0.39, 0.29) is 24.0 Å². The van der Waals surface area contributed by atoms with Crippen LogP contribution in [-0.4, -0.2) is 60.3 Å². The Balaban J connectivity index is 0.000000429. The molecule has 0 atom stereocenters. The number of benzene rings is 1. The minimum atomic E-state index is -1.32. The summed E-state index contributed by atoms with van der Waals surface area (Å²) in [5, 5.41) is 51.1. The fourth-order valence-corrected chi connectivity index (χ4v) is 2.43. The Morgan fingerprint density at radius 3 is 1.20 bits per heavy atom. The number of carbonyl (C=O) groups is 4. The highest BCUT2D eigenvalue weighted by atomic mass is 16.5. The SMILES string of the molecule is O=C(O)CCCCC(=O)O.O=C(O)c1ccc(C(=O)O)cc1.OC1(O)CCCCC1. The summed E-state index contributed by atoms with van der Waals surface area (Å²) in [5.41, 5.74) is 0.167. The van der Waals surface area contributed by atoms with Gasteiger partial charge < -0.3 is 30.6 Å². The second kappa shape index (κ2) is 14.1.